The summed E-state index contributed by atoms with van der Waals surface area (Å²) in [6, 6.07) is 1.11. The van der Waals surface area contributed by atoms with Crippen molar-refractivity contribution in [2.24, 2.45) is 4.99 Å². The Balaban J connectivity index is 2.24. The lowest BCUT2D eigenvalue weighted by Crippen LogP contribution is -2.43. The van der Waals surface area contributed by atoms with Crippen molar-refractivity contribution in [2.75, 3.05) is 40.8 Å². The van der Waals surface area contributed by atoms with Gasteiger partial charge >= 0.3 is 6.09 Å². The number of rotatable bonds is 8. The number of amides is 1. The van der Waals surface area contributed by atoms with Crippen LogP contribution in [-0.2, 0) is 4.74 Å². The molecule has 1 fully saturated rings. The van der Waals surface area contributed by atoms with Gasteiger partial charge in [-0.05, 0) is 73.4 Å². The molecule has 2 atom stereocenters. The van der Waals surface area contributed by atoms with Crippen LogP contribution in [0.3, 0.4) is 0 Å². The molecule has 0 unspecified atom stereocenters. The van der Waals surface area contributed by atoms with E-state index in [4.69, 9.17) is 4.74 Å². The molecule has 7 nitrogen and oxygen atoms in total. The second-order valence-electron chi connectivity index (χ2n) is 8.50. The Bertz CT molecular complexity index is 475. The minimum absolute atomic E-state index is 0.241. The molecular weight excluding hydrogens is 342 g/mol. The predicted molar refractivity (Wildman–Crippen MR) is 112 cm³/mol. The smallest absolute Gasteiger partial charge is 0.410 e. The molecule has 7 heteroatoms. The minimum Gasteiger partial charge on any atom is -0.444 e. The molecular formula is C20H41N5O2. The van der Waals surface area contributed by atoms with E-state index in [2.05, 4.69) is 34.5 Å². The molecule has 0 saturated heterocycles. The third kappa shape index (κ3) is 9.31. The first kappa shape index (κ1) is 23.5. The van der Waals surface area contributed by atoms with Gasteiger partial charge in [0.25, 0.3) is 0 Å². The van der Waals surface area contributed by atoms with E-state index in [9.17, 15) is 4.79 Å². The number of hydrogen-bond acceptors (Lipinski definition) is 4. The zero-order chi connectivity index (χ0) is 20.4. The van der Waals surface area contributed by atoms with Gasteiger partial charge in [-0.25, -0.2) is 4.79 Å². The van der Waals surface area contributed by atoms with Crippen LogP contribution in [-0.4, -0.2) is 80.3 Å². The zero-order valence-electron chi connectivity index (χ0n) is 18.5. The molecule has 1 aliphatic carbocycles. The molecule has 27 heavy (non-hydrogen) atoms. The highest BCUT2D eigenvalue weighted by Gasteiger charge is 2.27. The highest BCUT2D eigenvalue weighted by Crippen LogP contribution is 2.23. The summed E-state index contributed by atoms with van der Waals surface area (Å²) in [7, 11) is 5.84. The summed E-state index contributed by atoms with van der Waals surface area (Å²) < 4.78 is 5.38. The first-order valence-electron chi connectivity index (χ1n) is 10.3. The van der Waals surface area contributed by atoms with Crippen molar-refractivity contribution >= 4 is 12.1 Å². The van der Waals surface area contributed by atoms with Crippen LogP contribution in [0.4, 0.5) is 4.79 Å². The number of ether oxygens (including phenoxy) is 1. The Morgan fingerprint density at radius 3 is 2.44 bits per heavy atom. The monoisotopic (exact) mass is 383 g/mol. The van der Waals surface area contributed by atoms with Crippen molar-refractivity contribution in [3.63, 3.8) is 0 Å². The average Bonchev–Trinajstić information content (AvgIpc) is 3.05. The average molecular weight is 384 g/mol. The topological polar surface area (TPSA) is 69.2 Å². The summed E-state index contributed by atoms with van der Waals surface area (Å²) >= 11 is 0. The molecule has 0 aromatic heterocycles. The van der Waals surface area contributed by atoms with Gasteiger partial charge < -0.3 is 25.2 Å². The van der Waals surface area contributed by atoms with E-state index in [0.717, 1.165) is 44.9 Å². The van der Waals surface area contributed by atoms with Gasteiger partial charge in [0.05, 0.1) is 0 Å². The second kappa shape index (κ2) is 11.4. The fraction of sp³-hybridized carbons (Fsp3) is 0.900. The van der Waals surface area contributed by atoms with Crippen molar-refractivity contribution in [3.05, 3.63) is 0 Å². The van der Waals surface area contributed by atoms with Gasteiger partial charge in [-0.3, -0.25) is 4.99 Å². The first-order chi connectivity index (χ1) is 12.7. The molecule has 0 aliphatic heterocycles. The molecule has 1 rings (SSSR count). The van der Waals surface area contributed by atoms with Crippen molar-refractivity contribution in [3.8, 4) is 0 Å². The summed E-state index contributed by atoms with van der Waals surface area (Å²) in [6.07, 6.45) is 5.38. The number of nitrogens with one attached hydrogen (secondary N) is 2. The molecule has 0 aromatic carbocycles. The van der Waals surface area contributed by atoms with Crippen LogP contribution >= 0.6 is 0 Å². The largest absolute Gasteiger partial charge is 0.444 e. The molecule has 158 valence electrons. The Morgan fingerprint density at radius 2 is 1.85 bits per heavy atom. The van der Waals surface area contributed by atoms with Gasteiger partial charge in [0.15, 0.2) is 5.96 Å². The number of carbonyl (C=O) groups is 1. The van der Waals surface area contributed by atoms with E-state index < -0.39 is 5.60 Å². The van der Waals surface area contributed by atoms with Crippen molar-refractivity contribution in [2.45, 2.75) is 77.5 Å². The summed E-state index contributed by atoms with van der Waals surface area (Å²) in [5.41, 5.74) is -0.437. The number of carbonyl (C=O) groups excluding carboxylic acids is 1. The number of unbranched alkanes of at least 4 members (excludes halogenated alkanes) is 1. The van der Waals surface area contributed by atoms with Gasteiger partial charge in [-0.1, -0.05) is 0 Å². The van der Waals surface area contributed by atoms with Crippen molar-refractivity contribution < 1.29 is 9.53 Å². The minimum atomic E-state index is -0.437. The number of nitrogens with zero attached hydrogens (tertiary/aromatic N) is 3. The second-order valence-corrected chi connectivity index (χ2v) is 8.50. The van der Waals surface area contributed by atoms with Crippen LogP contribution in [0.25, 0.3) is 0 Å². The molecule has 0 aromatic rings. The highest BCUT2D eigenvalue weighted by atomic mass is 16.6. The van der Waals surface area contributed by atoms with Crippen LogP contribution < -0.4 is 10.6 Å². The van der Waals surface area contributed by atoms with Crippen LogP contribution in [0, 0.1) is 0 Å². The predicted octanol–water partition coefficient (Wildman–Crippen LogP) is 2.67. The van der Waals surface area contributed by atoms with Crippen LogP contribution in [0.2, 0.25) is 0 Å². The first-order valence-corrected chi connectivity index (χ1v) is 10.3. The SMILES string of the molecule is CCNC(=NC)N[C@H]1CC[C@H](N(C)CCCCN(C)C(=O)OC(C)(C)C)C1. The van der Waals surface area contributed by atoms with Gasteiger partial charge in [0.1, 0.15) is 5.60 Å². The standard InChI is InChI=1S/C20H41N5O2/c1-8-22-18(21-5)23-16-11-12-17(15-16)24(6)13-9-10-14-25(7)19(26)27-20(2,3)4/h16-17H,8-15H2,1-7H3,(H2,21,22,23)/t16-,17-/m0/s1. The number of hydrogen-bond donors (Lipinski definition) is 2. The summed E-state index contributed by atoms with van der Waals surface area (Å²) in [5, 5.41) is 6.78. The van der Waals surface area contributed by atoms with E-state index in [1.807, 2.05) is 34.9 Å². The Kier molecular flexibility index (Phi) is 9.91. The Morgan fingerprint density at radius 1 is 1.19 bits per heavy atom. The fourth-order valence-electron chi connectivity index (χ4n) is 3.37. The van der Waals surface area contributed by atoms with Crippen LogP contribution in [0.15, 0.2) is 4.99 Å². The molecule has 0 heterocycles. The zero-order valence-corrected chi connectivity index (χ0v) is 18.5. The normalized spacial score (nSPS) is 20.7. The maximum absolute atomic E-state index is 12.0. The molecule has 0 bridgehead atoms. The fourth-order valence-corrected chi connectivity index (χ4v) is 3.37. The summed E-state index contributed by atoms with van der Waals surface area (Å²) in [5.74, 6) is 0.899. The summed E-state index contributed by atoms with van der Waals surface area (Å²) in [4.78, 5) is 20.4. The van der Waals surface area contributed by atoms with Crippen molar-refractivity contribution in [1.29, 1.82) is 0 Å². The number of guanidine groups is 1. The lowest BCUT2D eigenvalue weighted by molar-refractivity contribution is 0.0295. The van der Waals surface area contributed by atoms with Crippen LogP contribution in [0.5, 0.6) is 0 Å². The highest BCUT2D eigenvalue weighted by molar-refractivity contribution is 5.79. The summed E-state index contributed by atoms with van der Waals surface area (Å²) in [6.45, 7) is 10.4. The molecule has 1 saturated carbocycles. The van der Waals surface area contributed by atoms with Gasteiger partial charge in [-0.2, -0.15) is 0 Å². The lowest BCUT2D eigenvalue weighted by Gasteiger charge is -2.26. The maximum atomic E-state index is 12.0. The molecule has 0 radical (unpaired) electrons. The van der Waals surface area contributed by atoms with Crippen LogP contribution in [0.1, 0.15) is 59.8 Å². The molecule has 2 N–H and O–H groups in total. The van der Waals surface area contributed by atoms with E-state index in [1.54, 1.807) is 4.90 Å². The third-order valence-electron chi connectivity index (χ3n) is 4.90. The lowest BCUT2D eigenvalue weighted by atomic mass is 10.2. The van der Waals surface area contributed by atoms with Gasteiger partial charge in [0.2, 0.25) is 0 Å². The molecule has 1 amide bonds. The van der Waals surface area contributed by atoms with Gasteiger partial charge in [0, 0.05) is 39.3 Å². The Labute approximate surface area is 165 Å². The maximum Gasteiger partial charge on any atom is 0.410 e. The van der Waals surface area contributed by atoms with E-state index in [1.165, 1.54) is 12.8 Å². The van der Waals surface area contributed by atoms with Gasteiger partial charge in [-0.15, -0.1) is 0 Å². The molecule has 0 spiro atoms. The van der Waals surface area contributed by atoms with E-state index in [-0.39, 0.29) is 6.09 Å². The quantitative estimate of drug-likeness (QED) is 0.383. The number of aliphatic imine (C=N–C) groups is 1. The Hall–Kier alpha value is -1.50. The third-order valence-corrected chi connectivity index (χ3v) is 4.90. The van der Waals surface area contributed by atoms with E-state index >= 15 is 0 Å². The van der Waals surface area contributed by atoms with E-state index in [0.29, 0.717) is 12.1 Å². The van der Waals surface area contributed by atoms with Crippen molar-refractivity contribution in [1.82, 2.24) is 20.4 Å². The molecule has 1 aliphatic rings.